The highest BCUT2D eigenvalue weighted by Crippen LogP contribution is 2.33. The Labute approximate surface area is 140 Å². The molecule has 0 bridgehead atoms. The van der Waals surface area contributed by atoms with Gasteiger partial charge in [0.15, 0.2) is 5.82 Å². The van der Waals surface area contributed by atoms with Gasteiger partial charge in [-0.1, -0.05) is 18.0 Å². The number of aromatic nitrogens is 3. The smallest absolute Gasteiger partial charge is 0.227 e. The van der Waals surface area contributed by atoms with E-state index < -0.39 is 0 Å². The number of aryl methyl sites for hydroxylation is 1. The van der Waals surface area contributed by atoms with Crippen LogP contribution in [0.25, 0.3) is 11.4 Å². The Balaban J connectivity index is 1.68. The molecule has 0 unspecified atom stereocenters. The second-order valence-corrected chi connectivity index (χ2v) is 6.77. The van der Waals surface area contributed by atoms with Crippen molar-refractivity contribution in [1.82, 2.24) is 14.8 Å². The lowest BCUT2D eigenvalue weighted by molar-refractivity contribution is -0.117. The molecule has 0 radical (unpaired) electrons. The summed E-state index contributed by atoms with van der Waals surface area (Å²) in [5, 5.41) is 12.3. The third kappa shape index (κ3) is 2.98. The van der Waals surface area contributed by atoms with Crippen LogP contribution in [0.1, 0.15) is 37.9 Å². The van der Waals surface area contributed by atoms with E-state index in [9.17, 15) is 4.79 Å². The highest BCUT2D eigenvalue weighted by atomic mass is 35.5. The minimum Gasteiger partial charge on any atom is -0.326 e. The van der Waals surface area contributed by atoms with Crippen molar-refractivity contribution < 1.29 is 4.79 Å². The van der Waals surface area contributed by atoms with Gasteiger partial charge in [-0.25, -0.2) is 0 Å². The first kappa shape index (κ1) is 14.7. The van der Waals surface area contributed by atoms with Crippen molar-refractivity contribution in [2.45, 2.75) is 45.1 Å². The maximum absolute atomic E-state index is 12.0. The molecule has 1 aliphatic heterocycles. The monoisotopic (exact) mass is 330 g/mol. The lowest BCUT2D eigenvalue weighted by Crippen LogP contribution is -2.13. The minimum absolute atomic E-state index is 0.0957. The zero-order valence-electron chi connectivity index (χ0n) is 12.9. The molecule has 2 aromatic rings. The van der Waals surface area contributed by atoms with Crippen molar-refractivity contribution in [3.8, 4) is 11.4 Å². The molecule has 1 aliphatic carbocycles. The summed E-state index contributed by atoms with van der Waals surface area (Å²) in [5.74, 6) is 2.10. The second-order valence-electron chi connectivity index (χ2n) is 6.36. The fourth-order valence-corrected chi connectivity index (χ4v) is 3.25. The highest BCUT2D eigenvalue weighted by Gasteiger charge is 2.29. The lowest BCUT2D eigenvalue weighted by atomic mass is 10.1. The predicted molar refractivity (Wildman–Crippen MR) is 89.4 cm³/mol. The Morgan fingerprint density at radius 3 is 2.91 bits per heavy atom. The Hall–Kier alpha value is -1.88. The van der Waals surface area contributed by atoms with Gasteiger partial charge in [0.1, 0.15) is 5.82 Å². The van der Waals surface area contributed by atoms with Gasteiger partial charge in [0.2, 0.25) is 5.91 Å². The van der Waals surface area contributed by atoms with Crippen molar-refractivity contribution in [2.24, 2.45) is 5.92 Å². The average molecular weight is 331 g/mol. The number of halogens is 1. The number of benzene rings is 1. The number of hydrogen-bond acceptors (Lipinski definition) is 3. The molecule has 5 nitrogen and oxygen atoms in total. The molecular formula is C17H19ClN4O. The van der Waals surface area contributed by atoms with Crippen LogP contribution in [-0.2, 0) is 17.8 Å². The maximum Gasteiger partial charge on any atom is 0.227 e. The van der Waals surface area contributed by atoms with Crippen LogP contribution in [0.3, 0.4) is 0 Å². The number of carbonyl (C=O) groups is 1. The van der Waals surface area contributed by atoms with E-state index in [0.29, 0.717) is 5.02 Å². The Morgan fingerprint density at radius 1 is 1.22 bits per heavy atom. The Kier molecular flexibility index (Phi) is 3.81. The fourth-order valence-electron chi connectivity index (χ4n) is 3.05. The highest BCUT2D eigenvalue weighted by molar-refractivity contribution is 6.33. The largest absolute Gasteiger partial charge is 0.326 e. The Bertz CT molecular complexity index is 751. The van der Waals surface area contributed by atoms with Crippen LogP contribution in [-0.4, -0.2) is 20.7 Å². The van der Waals surface area contributed by atoms with Crippen LogP contribution in [0.15, 0.2) is 18.2 Å². The standard InChI is InChI=1S/C17H19ClN4O/c18-14-8-7-12(19-17(23)11-5-6-11)10-13(14)16-21-20-15-4-2-1-3-9-22(15)16/h7-8,10-11H,1-6,9H2,(H,19,23). The average Bonchev–Trinajstić information content (AvgIpc) is 3.35. The SMILES string of the molecule is O=C(Nc1ccc(Cl)c(-c2nnc3n2CCCCC3)c1)C1CC1. The van der Waals surface area contributed by atoms with E-state index in [2.05, 4.69) is 20.1 Å². The van der Waals surface area contributed by atoms with Crippen LogP contribution in [0.2, 0.25) is 5.02 Å². The van der Waals surface area contributed by atoms with Gasteiger partial charge in [0, 0.05) is 30.1 Å². The minimum atomic E-state index is 0.0957. The first-order valence-corrected chi connectivity index (χ1v) is 8.63. The van der Waals surface area contributed by atoms with Gasteiger partial charge in [0.25, 0.3) is 0 Å². The van der Waals surface area contributed by atoms with Gasteiger partial charge >= 0.3 is 0 Å². The van der Waals surface area contributed by atoms with Crippen LogP contribution in [0.4, 0.5) is 5.69 Å². The topological polar surface area (TPSA) is 59.8 Å². The van der Waals surface area contributed by atoms with Crippen molar-refractivity contribution in [3.05, 3.63) is 29.0 Å². The van der Waals surface area contributed by atoms with Gasteiger partial charge in [-0.2, -0.15) is 0 Å². The van der Waals surface area contributed by atoms with Crippen molar-refractivity contribution in [3.63, 3.8) is 0 Å². The van der Waals surface area contributed by atoms with Crippen LogP contribution in [0.5, 0.6) is 0 Å². The Morgan fingerprint density at radius 2 is 2.09 bits per heavy atom. The number of fused-ring (bicyclic) bond motifs is 1. The molecule has 23 heavy (non-hydrogen) atoms. The maximum atomic E-state index is 12.0. The zero-order valence-corrected chi connectivity index (χ0v) is 13.6. The van der Waals surface area contributed by atoms with E-state index >= 15 is 0 Å². The molecule has 4 rings (SSSR count). The number of carbonyl (C=O) groups excluding carboxylic acids is 1. The van der Waals surface area contributed by atoms with E-state index in [1.54, 1.807) is 0 Å². The van der Waals surface area contributed by atoms with Crippen LogP contribution >= 0.6 is 11.6 Å². The summed E-state index contributed by atoms with van der Waals surface area (Å²) < 4.78 is 2.17. The summed E-state index contributed by atoms with van der Waals surface area (Å²) in [4.78, 5) is 12.0. The molecule has 1 N–H and O–H groups in total. The zero-order chi connectivity index (χ0) is 15.8. The van der Waals surface area contributed by atoms with E-state index in [1.807, 2.05) is 18.2 Å². The second kappa shape index (κ2) is 5.96. The summed E-state index contributed by atoms with van der Waals surface area (Å²) in [6.07, 6.45) is 6.45. The molecule has 2 aliphatic rings. The molecule has 0 spiro atoms. The molecule has 0 saturated heterocycles. The van der Waals surface area contributed by atoms with Gasteiger partial charge in [-0.05, 0) is 43.9 Å². The molecule has 0 atom stereocenters. The molecule has 2 heterocycles. The number of rotatable bonds is 3. The molecule has 1 saturated carbocycles. The summed E-state index contributed by atoms with van der Waals surface area (Å²) in [7, 11) is 0. The predicted octanol–water partition coefficient (Wildman–Crippen LogP) is 3.67. The third-order valence-electron chi connectivity index (χ3n) is 4.53. The molecular weight excluding hydrogens is 312 g/mol. The number of nitrogens with one attached hydrogen (secondary N) is 1. The summed E-state index contributed by atoms with van der Waals surface area (Å²) in [5.41, 5.74) is 1.60. The van der Waals surface area contributed by atoms with E-state index in [-0.39, 0.29) is 11.8 Å². The molecule has 6 heteroatoms. The van der Waals surface area contributed by atoms with Crippen molar-refractivity contribution in [1.29, 1.82) is 0 Å². The summed E-state index contributed by atoms with van der Waals surface area (Å²) in [6, 6.07) is 5.56. The molecule has 1 amide bonds. The summed E-state index contributed by atoms with van der Waals surface area (Å²) in [6.45, 7) is 0.923. The lowest BCUT2D eigenvalue weighted by Gasteiger charge is -2.11. The molecule has 1 aromatic carbocycles. The van der Waals surface area contributed by atoms with Gasteiger partial charge in [0.05, 0.1) is 5.02 Å². The van der Waals surface area contributed by atoms with Gasteiger partial charge < -0.3 is 9.88 Å². The number of nitrogens with zero attached hydrogens (tertiary/aromatic N) is 3. The molecule has 1 aromatic heterocycles. The van der Waals surface area contributed by atoms with E-state index in [0.717, 1.165) is 61.5 Å². The third-order valence-corrected chi connectivity index (χ3v) is 4.86. The normalized spacial score (nSPS) is 17.4. The van der Waals surface area contributed by atoms with Crippen molar-refractivity contribution >= 4 is 23.2 Å². The van der Waals surface area contributed by atoms with E-state index in [1.165, 1.54) is 6.42 Å². The first-order valence-electron chi connectivity index (χ1n) is 8.25. The number of hydrogen-bond donors (Lipinski definition) is 1. The quantitative estimate of drug-likeness (QED) is 0.934. The van der Waals surface area contributed by atoms with Gasteiger partial charge in [-0.3, -0.25) is 4.79 Å². The van der Waals surface area contributed by atoms with E-state index in [4.69, 9.17) is 11.6 Å². The van der Waals surface area contributed by atoms with Crippen molar-refractivity contribution in [2.75, 3.05) is 5.32 Å². The van der Waals surface area contributed by atoms with Crippen LogP contribution < -0.4 is 5.32 Å². The fraction of sp³-hybridized carbons (Fsp3) is 0.471. The first-order chi connectivity index (χ1) is 11.2. The number of anilines is 1. The molecule has 120 valence electrons. The summed E-state index contributed by atoms with van der Waals surface area (Å²) >= 11 is 6.39. The van der Waals surface area contributed by atoms with Gasteiger partial charge in [-0.15, -0.1) is 10.2 Å². The van der Waals surface area contributed by atoms with Crippen LogP contribution in [0, 0.1) is 5.92 Å². The molecule has 1 fully saturated rings. The number of amides is 1.